The summed E-state index contributed by atoms with van der Waals surface area (Å²) in [6.07, 6.45) is 0. The number of thiophene rings is 1. The Labute approximate surface area is 210 Å². The van der Waals surface area contributed by atoms with Crippen LogP contribution in [0.1, 0.15) is 32.8 Å². The number of aromatic nitrogens is 1. The van der Waals surface area contributed by atoms with Crippen LogP contribution in [0.4, 0.5) is 26.3 Å². The van der Waals surface area contributed by atoms with Gasteiger partial charge in [0.25, 0.3) is 0 Å². The summed E-state index contributed by atoms with van der Waals surface area (Å²) in [5, 5.41) is 10.2. The van der Waals surface area contributed by atoms with Gasteiger partial charge in [-0.2, -0.15) is 26.3 Å². The lowest BCUT2D eigenvalue weighted by Gasteiger charge is -2.25. The molecule has 1 fully saturated rings. The Morgan fingerprint density at radius 3 is 1.94 bits per heavy atom. The predicted molar refractivity (Wildman–Crippen MR) is 128 cm³/mol. The van der Waals surface area contributed by atoms with Gasteiger partial charge in [-0.25, -0.2) is 4.98 Å². The van der Waals surface area contributed by atoms with E-state index in [0.717, 1.165) is 22.7 Å². The number of aryl methyl sites for hydroxylation is 1. The summed E-state index contributed by atoms with van der Waals surface area (Å²) in [5.74, 6) is -21.0. The van der Waals surface area contributed by atoms with E-state index in [1.165, 1.54) is 13.0 Å². The molecule has 0 radical (unpaired) electrons. The SMILES string of the molecule is Cc1sc(-c2ccccc2)nc1C1C(c2cc(-c3ccccc3)sc2CO)C(F)(F)C(F)(F)C1(F)F. The molecule has 4 aromatic rings. The molecule has 36 heavy (non-hydrogen) atoms. The highest BCUT2D eigenvalue weighted by atomic mass is 32.1. The van der Waals surface area contributed by atoms with Crippen LogP contribution < -0.4 is 0 Å². The fourth-order valence-electron chi connectivity index (χ4n) is 4.71. The molecule has 1 aliphatic rings. The summed E-state index contributed by atoms with van der Waals surface area (Å²) in [5.41, 5.74) is 0.256. The van der Waals surface area contributed by atoms with Crippen LogP contribution in [0.25, 0.3) is 21.0 Å². The summed E-state index contributed by atoms with van der Waals surface area (Å²) in [7, 11) is 0. The lowest BCUT2D eigenvalue weighted by molar-refractivity contribution is -0.275. The van der Waals surface area contributed by atoms with Gasteiger partial charge in [0, 0.05) is 20.2 Å². The first-order valence-electron chi connectivity index (χ1n) is 11.0. The molecule has 188 valence electrons. The Hall–Kier alpha value is -2.69. The second-order valence-corrected chi connectivity index (χ2v) is 11.0. The number of halogens is 6. The maximum absolute atomic E-state index is 15.4. The van der Waals surface area contributed by atoms with Gasteiger partial charge in [-0.1, -0.05) is 60.7 Å². The van der Waals surface area contributed by atoms with E-state index in [1.54, 1.807) is 60.7 Å². The van der Waals surface area contributed by atoms with Crippen molar-refractivity contribution in [2.75, 3.05) is 0 Å². The third kappa shape index (κ3) is 3.61. The molecule has 0 aliphatic heterocycles. The Morgan fingerprint density at radius 1 is 0.806 bits per heavy atom. The van der Waals surface area contributed by atoms with Gasteiger partial charge in [-0.15, -0.1) is 22.7 Å². The van der Waals surface area contributed by atoms with E-state index < -0.39 is 47.5 Å². The molecule has 2 atom stereocenters. The van der Waals surface area contributed by atoms with Crippen molar-refractivity contribution in [3.8, 4) is 21.0 Å². The number of aliphatic hydroxyl groups excluding tert-OH is 1. The number of thiazole rings is 1. The first kappa shape index (κ1) is 25.0. The lowest BCUT2D eigenvalue weighted by Crippen LogP contribution is -2.48. The molecular weight excluding hydrogens is 520 g/mol. The Morgan fingerprint density at radius 2 is 1.36 bits per heavy atom. The third-order valence-corrected chi connectivity index (χ3v) is 8.70. The zero-order valence-electron chi connectivity index (χ0n) is 18.7. The summed E-state index contributed by atoms with van der Waals surface area (Å²) < 4.78 is 91.0. The molecule has 2 aromatic carbocycles. The van der Waals surface area contributed by atoms with Crippen molar-refractivity contribution in [2.45, 2.75) is 43.1 Å². The average molecular weight is 540 g/mol. The molecule has 0 spiro atoms. The van der Waals surface area contributed by atoms with Gasteiger partial charge >= 0.3 is 17.8 Å². The summed E-state index contributed by atoms with van der Waals surface area (Å²) >= 11 is 1.90. The minimum atomic E-state index is -5.63. The minimum Gasteiger partial charge on any atom is -0.391 e. The highest BCUT2D eigenvalue weighted by Crippen LogP contribution is 2.69. The van der Waals surface area contributed by atoms with Gasteiger partial charge in [0.2, 0.25) is 0 Å². The van der Waals surface area contributed by atoms with Crippen LogP contribution in [0.3, 0.4) is 0 Å². The van der Waals surface area contributed by atoms with E-state index >= 15 is 17.6 Å². The van der Waals surface area contributed by atoms with Crippen molar-refractivity contribution < 1.29 is 31.4 Å². The third-order valence-electron chi connectivity index (χ3n) is 6.48. The number of alkyl halides is 6. The molecule has 2 unspecified atom stereocenters. The number of hydrogen-bond acceptors (Lipinski definition) is 4. The van der Waals surface area contributed by atoms with Gasteiger partial charge in [0.15, 0.2) is 0 Å². The molecule has 5 rings (SSSR count). The maximum atomic E-state index is 15.4. The molecule has 2 aromatic heterocycles. The van der Waals surface area contributed by atoms with Crippen LogP contribution in [-0.2, 0) is 6.61 Å². The van der Waals surface area contributed by atoms with Gasteiger partial charge in [-0.05, 0) is 24.1 Å². The monoisotopic (exact) mass is 539 g/mol. The van der Waals surface area contributed by atoms with E-state index in [1.807, 2.05) is 0 Å². The van der Waals surface area contributed by atoms with E-state index in [-0.39, 0.29) is 14.8 Å². The molecule has 2 heterocycles. The quantitative estimate of drug-likeness (QED) is 0.260. The van der Waals surface area contributed by atoms with Crippen molar-refractivity contribution in [3.05, 3.63) is 87.7 Å². The van der Waals surface area contributed by atoms with Crippen LogP contribution in [-0.4, -0.2) is 27.9 Å². The number of rotatable bonds is 5. The summed E-state index contributed by atoms with van der Waals surface area (Å²) in [6, 6.07) is 18.2. The zero-order chi connectivity index (χ0) is 25.9. The first-order chi connectivity index (χ1) is 17.0. The van der Waals surface area contributed by atoms with Crippen LogP contribution in [0, 0.1) is 6.92 Å². The van der Waals surface area contributed by atoms with Crippen LogP contribution in [0.15, 0.2) is 66.7 Å². The highest BCUT2D eigenvalue weighted by molar-refractivity contribution is 7.15. The van der Waals surface area contributed by atoms with E-state index in [9.17, 15) is 13.9 Å². The molecule has 0 amide bonds. The number of benzene rings is 2. The number of hydrogen-bond donors (Lipinski definition) is 1. The summed E-state index contributed by atoms with van der Waals surface area (Å²) in [6.45, 7) is 0.658. The van der Waals surface area contributed by atoms with Crippen molar-refractivity contribution in [3.63, 3.8) is 0 Å². The van der Waals surface area contributed by atoms with Crippen LogP contribution >= 0.6 is 22.7 Å². The van der Waals surface area contributed by atoms with Crippen LogP contribution in [0.5, 0.6) is 0 Å². The average Bonchev–Trinajstić information content (AvgIpc) is 3.48. The molecule has 2 nitrogen and oxygen atoms in total. The maximum Gasteiger partial charge on any atom is 0.373 e. The molecule has 1 aliphatic carbocycles. The first-order valence-corrected chi connectivity index (χ1v) is 12.6. The molecular formula is C26H19F6NOS2. The fourth-order valence-corrected chi connectivity index (χ4v) is 6.75. The van der Waals surface area contributed by atoms with Crippen LogP contribution in [0.2, 0.25) is 0 Å². The van der Waals surface area contributed by atoms with Crippen molar-refractivity contribution in [2.24, 2.45) is 0 Å². The van der Waals surface area contributed by atoms with Crippen molar-refractivity contribution in [1.29, 1.82) is 0 Å². The Bertz CT molecular complexity index is 1380. The molecule has 0 bridgehead atoms. The van der Waals surface area contributed by atoms with Gasteiger partial charge in [-0.3, -0.25) is 0 Å². The van der Waals surface area contributed by atoms with E-state index in [0.29, 0.717) is 16.0 Å². The normalized spacial score (nSPS) is 22.1. The molecule has 10 heteroatoms. The Kier molecular flexibility index (Phi) is 6.04. The largest absolute Gasteiger partial charge is 0.391 e. The zero-order valence-corrected chi connectivity index (χ0v) is 20.3. The lowest BCUT2D eigenvalue weighted by atomic mass is 9.83. The molecule has 1 N–H and O–H groups in total. The van der Waals surface area contributed by atoms with E-state index in [4.69, 9.17) is 0 Å². The second kappa shape index (κ2) is 8.71. The number of aliphatic hydroxyl groups is 1. The number of nitrogens with zero attached hydrogens (tertiary/aromatic N) is 1. The standard InChI is InChI=1S/C26H19F6NOS2/c1-14-22(33-23(35-14)16-10-6-3-7-11-16)21-20(24(27,28)26(31,32)25(21,29)30)17-12-18(36-19(17)13-34)15-8-4-2-5-9-15/h2-12,20-21,34H,13H2,1H3. The van der Waals surface area contributed by atoms with Crippen molar-refractivity contribution in [1.82, 2.24) is 4.98 Å². The van der Waals surface area contributed by atoms with Gasteiger partial charge in [0.1, 0.15) is 5.01 Å². The van der Waals surface area contributed by atoms with Crippen molar-refractivity contribution >= 4 is 22.7 Å². The van der Waals surface area contributed by atoms with E-state index in [2.05, 4.69) is 4.98 Å². The Balaban J connectivity index is 1.71. The smallest absolute Gasteiger partial charge is 0.373 e. The van der Waals surface area contributed by atoms with Gasteiger partial charge < -0.3 is 5.11 Å². The van der Waals surface area contributed by atoms with Gasteiger partial charge in [0.05, 0.1) is 24.1 Å². The fraction of sp³-hybridized carbons (Fsp3) is 0.269. The highest BCUT2D eigenvalue weighted by Gasteiger charge is 2.85. The topological polar surface area (TPSA) is 33.1 Å². The minimum absolute atomic E-state index is 0.0619. The predicted octanol–water partition coefficient (Wildman–Crippen LogP) is 8.13. The molecule has 0 saturated heterocycles. The molecule has 1 saturated carbocycles. The second-order valence-electron chi connectivity index (χ2n) is 8.62. The summed E-state index contributed by atoms with van der Waals surface area (Å²) in [4.78, 5) is 4.69.